The largest absolute Gasteiger partial charge is 0.338 e. The molecule has 2 atom stereocenters. The zero-order chi connectivity index (χ0) is 18.4. The Hall–Kier alpha value is -2.43. The van der Waals surface area contributed by atoms with Gasteiger partial charge in [-0.15, -0.1) is 0 Å². The highest BCUT2D eigenvalue weighted by molar-refractivity contribution is 5.83. The number of carbonyl (C=O) groups excluding carboxylic acids is 1. The van der Waals surface area contributed by atoms with E-state index in [1.807, 2.05) is 18.2 Å². The number of nitrogens with zero attached hydrogens (tertiary/aromatic N) is 2. The van der Waals surface area contributed by atoms with Crippen LogP contribution in [0, 0.1) is 17.3 Å². The Morgan fingerprint density at radius 1 is 1.32 bits per heavy atom. The number of hydrogen-bond acceptors (Lipinski definition) is 3. The summed E-state index contributed by atoms with van der Waals surface area (Å²) in [4.78, 5) is 33.9. The van der Waals surface area contributed by atoms with Crippen molar-refractivity contribution in [2.75, 3.05) is 7.05 Å². The summed E-state index contributed by atoms with van der Waals surface area (Å²) in [5.41, 5.74) is 1.69. The molecular formula is C20H25N3O2. The number of hydrogen-bond donors (Lipinski definition) is 1. The van der Waals surface area contributed by atoms with Gasteiger partial charge in [0.2, 0.25) is 5.91 Å². The number of benzene rings is 1. The van der Waals surface area contributed by atoms with Gasteiger partial charge in [-0.05, 0) is 37.3 Å². The minimum atomic E-state index is -0.171. The third kappa shape index (κ3) is 3.23. The summed E-state index contributed by atoms with van der Waals surface area (Å²) in [6.45, 7) is 8.67. The predicted octanol–water partition coefficient (Wildman–Crippen LogP) is 3.12. The normalized spacial score (nSPS) is 21.0. The molecule has 5 heteroatoms. The zero-order valence-corrected chi connectivity index (χ0v) is 15.5. The van der Waals surface area contributed by atoms with Gasteiger partial charge >= 0.3 is 0 Å². The molecule has 0 saturated heterocycles. The van der Waals surface area contributed by atoms with Gasteiger partial charge in [0.15, 0.2) is 0 Å². The Kier molecular flexibility index (Phi) is 4.27. The number of para-hydroxylation sites is 1. The lowest BCUT2D eigenvalue weighted by molar-refractivity contribution is -0.132. The first-order valence-electron chi connectivity index (χ1n) is 8.59. The third-order valence-electron chi connectivity index (χ3n) is 5.11. The van der Waals surface area contributed by atoms with Crippen LogP contribution in [0.4, 0.5) is 0 Å². The molecule has 1 aromatic heterocycles. The molecule has 0 radical (unpaired) electrons. The lowest BCUT2D eigenvalue weighted by Gasteiger charge is -2.17. The summed E-state index contributed by atoms with van der Waals surface area (Å²) in [5.74, 6) is 0.871. The molecule has 0 unspecified atom stereocenters. The number of fused-ring (bicyclic) bond motifs is 1. The van der Waals surface area contributed by atoms with Crippen LogP contribution >= 0.6 is 0 Å². The summed E-state index contributed by atoms with van der Waals surface area (Å²) < 4.78 is 0. The van der Waals surface area contributed by atoms with E-state index in [0.29, 0.717) is 23.3 Å². The van der Waals surface area contributed by atoms with Gasteiger partial charge in [0, 0.05) is 7.05 Å². The minimum Gasteiger partial charge on any atom is -0.338 e. The van der Waals surface area contributed by atoms with Crippen molar-refractivity contribution in [2.45, 2.75) is 34.2 Å². The van der Waals surface area contributed by atoms with Gasteiger partial charge < -0.3 is 9.88 Å². The number of aromatic amines is 1. The van der Waals surface area contributed by atoms with Gasteiger partial charge in [0.25, 0.3) is 5.56 Å². The van der Waals surface area contributed by atoms with Crippen molar-refractivity contribution in [1.82, 2.24) is 14.9 Å². The molecule has 5 nitrogen and oxygen atoms in total. The quantitative estimate of drug-likeness (QED) is 0.870. The van der Waals surface area contributed by atoms with Crippen molar-refractivity contribution < 1.29 is 4.79 Å². The van der Waals surface area contributed by atoms with E-state index >= 15 is 0 Å². The van der Waals surface area contributed by atoms with Crippen LogP contribution < -0.4 is 5.56 Å². The monoisotopic (exact) mass is 339 g/mol. The first kappa shape index (κ1) is 17.4. The first-order valence-corrected chi connectivity index (χ1v) is 8.59. The molecule has 1 N–H and O–H groups in total. The van der Waals surface area contributed by atoms with Crippen molar-refractivity contribution in [3.8, 4) is 0 Å². The molecule has 0 bridgehead atoms. The maximum atomic E-state index is 12.8. The molecule has 2 aromatic rings. The Labute approximate surface area is 147 Å². The Balaban J connectivity index is 1.79. The van der Waals surface area contributed by atoms with Gasteiger partial charge in [-0.25, -0.2) is 4.98 Å². The van der Waals surface area contributed by atoms with Crippen molar-refractivity contribution >= 4 is 16.8 Å². The zero-order valence-electron chi connectivity index (χ0n) is 15.5. The molecule has 0 aliphatic heterocycles. The van der Waals surface area contributed by atoms with E-state index < -0.39 is 0 Å². The second kappa shape index (κ2) is 6.14. The van der Waals surface area contributed by atoms with Crippen molar-refractivity contribution in [3.63, 3.8) is 0 Å². The molecule has 132 valence electrons. The van der Waals surface area contributed by atoms with E-state index in [4.69, 9.17) is 0 Å². The average molecular weight is 339 g/mol. The summed E-state index contributed by atoms with van der Waals surface area (Å²) in [5, 5.41) is 0.562. The van der Waals surface area contributed by atoms with Gasteiger partial charge in [0.05, 0.1) is 23.4 Å². The van der Waals surface area contributed by atoms with E-state index in [9.17, 15) is 9.59 Å². The van der Waals surface area contributed by atoms with Crippen molar-refractivity contribution in [1.29, 1.82) is 0 Å². The smallest absolute Gasteiger partial charge is 0.258 e. The molecule has 0 spiro atoms. The highest BCUT2D eigenvalue weighted by Crippen LogP contribution is 2.60. The number of aromatic nitrogens is 2. The maximum absolute atomic E-state index is 12.8. The fourth-order valence-corrected chi connectivity index (χ4v) is 3.57. The molecule has 1 aliphatic rings. The van der Waals surface area contributed by atoms with Gasteiger partial charge in [-0.2, -0.15) is 0 Å². The number of H-pyrrole nitrogens is 1. The summed E-state index contributed by atoms with van der Waals surface area (Å²) >= 11 is 0. The van der Waals surface area contributed by atoms with Crippen LogP contribution in [0.15, 0.2) is 40.7 Å². The van der Waals surface area contributed by atoms with E-state index in [-0.39, 0.29) is 28.7 Å². The molecule has 1 fully saturated rings. The number of rotatable bonds is 4. The van der Waals surface area contributed by atoms with Gasteiger partial charge in [0.1, 0.15) is 5.82 Å². The molecule has 1 aromatic carbocycles. The van der Waals surface area contributed by atoms with Crippen LogP contribution in [0.1, 0.15) is 33.5 Å². The fourth-order valence-electron chi connectivity index (χ4n) is 3.57. The van der Waals surface area contributed by atoms with Crippen molar-refractivity contribution in [3.05, 3.63) is 52.1 Å². The molecular weight excluding hydrogens is 314 g/mol. The minimum absolute atomic E-state index is 0.0143. The van der Waals surface area contributed by atoms with Crippen LogP contribution in [0.3, 0.4) is 0 Å². The lowest BCUT2D eigenvalue weighted by Crippen LogP contribution is -2.31. The summed E-state index contributed by atoms with van der Waals surface area (Å²) in [7, 11) is 1.77. The molecule has 3 rings (SSSR count). The molecule has 25 heavy (non-hydrogen) atoms. The van der Waals surface area contributed by atoms with E-state index in [2.05, 4.69) is 43.7 Å². The summed E-state index contributed by atoms with van der Waals surface area (Å²) in [6.07, 6.45) is 2.19. The number of allylic oxidation sites excluding steroid dienone is 2. The van der Waals surface area contributed by atoms with E-state index in [1.54, 1.807) is 18.0 Å². The van der Waals surface area contributed by atoms with E-state index in [1.165, 1.54) is 5.57 Å². The van der Waals surface area contributed by atoms with Crippen molar-refractivity contribution in [2.24, 2.45) is 17.3 Å². The highest BCUT2D eigenvalue weighted by atomic mass is 16.2. The average Bonchev–Trinajstić information content (AvgIpc) is 3.06. The van der Waals surface area contributed by atoms with Crippen LogP contribution in [0.2, 0.25) is 0 Å². The first-order chi connectivity index (χ1) is 11.7. The van der Waals surface area contributed by atoms with Gasteiger partial charge in [-0.1, -0.05) is 37.6 Å². The Morgan fingerprint density at radius 2 is 2.00 bits per heavy atom. The summed E-state index contributed by atoms with van der Waals surface area (Å²) in [6, 6.07) is 7.22. The number of amides is 1. The molecule has 1 heterocycles. The maximum Gasteiger partial charge on any atom is 0.258 e. The molecule has 1 saturated carbocycles. The van der Waals surface area contributed by atoms with Gasteiger partial charge in [-0.3, -0.25) is 9.59 Å². The predicted molar refractivity (Wildman–Crippen MR) is 99.0 cm³/mol. The highest BCUT2D eigenvalue weighted by Gasteiger charge is 2.60. The van der Waals surface area contributed by atoms with Crippen LogP contribution in [0.25, 0.3) is 10.9 Å². The number of carbonyl (C=O) groups is 1. The Bertz CT molecular complexity index is 907. The second-order valence-corrected chi connectivity index (χ2v) is 7.79. The van der Waals surface area contributed by atoms with Crippen LogP contribution in [-0.4, -0.2) is 27.8 Å². The lowest BCUT2D eigenvalue weighted by atomic mass is 10.1. The fraction of sp³-hybridized carbons (Fsp3) is 0.450. The standard InChI is InChI=1S/C20H25N3O2/c1-12(2)10-14-17(20(14,3)4)19(25)23(5)11-16-21-15-9-7-6-8-13(15)18(24)22-16/h6-10,14,17H,11H2,1-5H3,(H,21,22,24)/t14-,17+/m1/s1. The SMILES string of the molecule is CC(C)=C[C@@H]1[C@@H](C(=O)N(C)Cc2nc3ccccc3c(=O)[nH]2)C1(C)C. The number of nitrogens with one attached hydrogen (secondary N) is 1. The molecule has 1 amide bonds. The van der Waals surface area contributed by atoms with Crippen LogP contribution in [-0.2, 0) is 11.3 Å². The molecule has 1 aliphatic carbocycles. The second-order valence-electron chi connectivity index (χ2n) is 7.79. The Morgan fingerprint density at radius 3 is 2.68 bits per heavy atom. The topological polar surface area (TPSA) is 66.1 Å². The van der Waals surface area contributed by atoms with Crippen LogP contribution in [0.5, 0.6) is 0 Å². The third-order valence-corrected chi connectivity index (χ3v) is 5.11. The van der Waals surface area contributed by atoms with E-state index in [0.717, 1.165) is 0 Å².